The molecule has 204 valence electrons. The molecule has 2 atom stereocenters. The lowest BCUT2D eigenvalue weighted by atomic mass is 9.93. The Labute approximate surface area is 227 Å². The summed E-state index contributed by atoms with van der Waals surface area (Å²) in [5, 5.41) is 6.53. The number of methoxy groups -OCH3 is 1. The molecule has 0 aliphatic carbocycles. The van der Waals surface area contributed by atoms with Gasteiger partial charge in [0.1, 0.15) is 16.9 Å². The zero-order valence-corrected chi connectivity index (χ0v) is 23.4. The number of benzene rings is 1. The fourth-order valence-corrected chi connectivity index (χ4v) is 4.59. The van der Waals surface area contributed by atoms with Crippen LogP contribution in [-0.2, 0) is 25.5 Å². The van der Waals surface area contributed by atoms with Gasteiger partial charge in [0.25, 0.3) is 0 Å². The number of nitrogens with one attached hydrogen (secondary N) is 2. The van der Waals surface area contributed by atoms with Gasteiger partial charge < -0.3 is 15.4 Å². The average Bonchev–Trinajstić information content (AvgIpc) is 3.29. The van der Waals surface area contributed by atoms with Crippen molar-refractivity contribution in [2.45, 2.75) is 58.5 Å². The van der Waals surface area contributed by atoms with Crippen molar-refractivity contribution in [1.82, 2.24) is 15.6 Å². The van der Waals surface area contributed by atoms with Crippen LogP contribution in [0.25, 0.3) is 5.57 Å². The van der Waals surface area contributed by atoms with Crippen LogP contribution in [0.5, 0.6) is 0 Å². The van der Waals surface area contributed by atoms with Gasteiger partial charge in [-0.05, 0) is 51.3 Å². The normalized spacial score (nSPS) is 13.6. The molecule has 1 unspecified atom stereocenters. The zero-order valence-electron chi connectivity index (χ0n) is 22.5. The molecular formula is C29H36FN3O4S. The molecule has 0 saturated carbocycles. The Morgan fingerprint density at radius 2 is 1.92 bits per heavy atom. The number of ether oxygens (including phenoxy) is 1. The van der Waals surface area contributed by atoms with E-state index < -0.39 is 29.4 Å². The van der Waals surface area contributed by atoms with E-state index in [1.54, 1.807) is 43.5 Å². The summed E-state index contributed by atoms with van der Waals surface area (Å²) in [4.78, 5) is 43.5. The highest BCUT2D eigenvalue weighted by atomic mass is 32.1. The van der Waals surface area contributed by atoms with Crippen molar-refractivity contribution in [3.05, 3.63) is 82.6 Å². The SMILES string of the molecule is C=C/C=C(\C=C/CC(=O)N[C@@H](CC(C)C(=O)OC)C(=O)NC(C)(C)Cc1ccc(F)cc1)c1ncc(C)s1. The molecule has 38 heavy (non-hydrogen) atoms. The highest BCUT2D eigenvalue weighted by Crippen LogP contribution is 2.22. The zero-order chi connectivity index (χ0) is 28.3. The molecule has 2 rings (SSSR count). The van der Waals surface area contributed by atoms with Crippen LogP contribution in [-0.4, -0.2) is 41.5 Å². The Morgan fingerprint density at radius 1 is 1.24 bits per heavy atom. The largest absolute Gasteiger partial charge is 0.469 e. The van der Waals surface area contributed by atoms with Crippen LogP contribution < -0.4 is 10.6 Å². The second kappa shape index (κ2) is 14.4. The third-order valence-electron chi connectivity index (χ3n) is 5.63. The van der Waals surface area contributed by atoms with Gasteiger partial charge in [0.2, 0.25) is 11.8 Å². The predicted molar refractivity (Wildman–Crippen MR) is 149 cm³/mol. The molecule has 7 nitrogen and oxygen atoms in total. The standard InChI is InChI=1S/C29H36FN3O4S/c1-7-9-22(27-31-18-20(3)38-27)10-8-11-25(34)32-24(16-19(2)28(36)37-6)26(35)33-29(4,5)17-21-12-14-23(30)15-13-21/h7-10,12-15,18-19,24H,1,11,16-17H2,2-6H3,(H,32,34)(H,33,35)/b10-8-,22-9+/t19?,24-/m0/s1. The number of aryl methyl sites for hydroxylation is 1. The molecule has 0 spiro atoms. The van der Waals surface area contributed by atoms with E-state index >= 15 is 0 Å². The first-order valence-corrected chi connectivity index (χ1v) is 13.1. The van der Waals surface area contributed by atoms with E-state index in [4.69, 9.17) is 4.74 Å². The Balaban J connectivity index is 2.10. The quantitative estimate of drug-likeness (QED) is 0.277. The monoisotopic (exact) mass is 541 g/mol. The smallest absolute Gasteiger partial charge is 0.308 e. The second-order valence-corrected chi connectivity index (χ2v) is 10.9. The van der Waals surface area contributed by atoms with Gasteiger partial charge in [-0.15, -0.1) is 11.3 Å². The number of amides is 2. The molecule has 2 N–H and O–H groups in total. The maximum atomic E-state index is 13.3. The van der Waals surface area contributed by atoms with Crippen molar-refractivity contribution in [2.24, 2.45) is 5.92 Å². The molecule has 1 aromatic heterocycles. The van der Waals surface area contributed by atoms with Crippen molar-refractivity contribution in [3.8, 4) is 0 Å². The summed E-state index contributed by atoms with van der Waals surface area (Å²) in [5.74, 6) is -2.21. The van der Waals surface area contributed by atoms with E-state index in [1.807, 2.05) is 26.8 Å². The lowest BCUT2D eigenvalue weighted by Gasteiger charge is -2.30. The van der Waals surface area contributed by atoms with E-state index in [-0.39, 0.29) is 24.6 Å². The minimum atomic E-state index is -0.956. The van der Waals surface area contributed by atoms with Gasteiger partial charge in [-0.25, -0.2) is 9.37 Å². The number of nitrogens with zero attached hydrogens (tertiary/aromatic N) is 1. The van der Waals surface area contributed by atoms with Crippen molar-refractivity contribution in [3.63, 3.8) is 0 Å². The summed E-state index contributed by atoms with van der Waals surface area (Å²) in [7, 11) is 1.28. The van der Waals surface area contributed by atoms with E-state index in [1.165, 1.54) is 30.6 Å². The van der Waals surface area contributed by atoms with Crippen LogP contribution in [0.3, 0.4) is 0 Å². The highest BCUT2D eigenvalue weighted by Gasteiger charge is 2.30. The summed E-state index contributed by atoms with van der Waals surface area (Å²) in [5.41, 5.74) is 0.980. The number of allylic oxidation sites excluding steroid dienone is 4. The minimum Gasteiger partial charge on any atom is -0.469 e. The summed E-state index contributed by atoms with van der Waals surface area (Å²) >= 11 is 1.53. The van der Waals surface area contributed by atoms with E-state index in [0.29, 0.717) is 6.42 Å². The van der Waals surface area contributed by atoms with Gasteiger partial charge in [-0.3, -0.25) is 14.4 Å². The number of rotatable bonds is 13. The topological polar surface area (TPSA) is 97.4 Å². The van der Waals surface area contributed by atoms with E-state index in [0.717, 1.165) is 21.0 Å². The van der Waals surface area contributed by atoms with Gasteiger partial charge >= 0.3 is 5.97 Å². The number of aromatic nitrogens is 1. The van der Waals surface area contributed by atoms with Crippen LogP contribution in [0.1, 0.15) is 49.1 Å². The fourth-order valence-electron chi connectivity index (χ4n) is 3.82. The lowest BCUT2D eigenvalue weighted by Crippen LogP contribution is -2.54. The third-order valence-corrected chi connectivity index (χ3v) is 6.59. The number of esters is 1. The summed E-state index contributed by atoms with van der Waals surface area (Å²) in [6.07, 6.45) is 9.26. The Bertz CT molecular complexity index is 1180. The van der Waals surface area contributed by atoms with Crippen LogP contribution >= 0.6 is 11.3 Å². The van der Waals surface area contributed by atoms with E-state index in [2.05, 4.69) is 22.2 Å². The number of hydrogen-bond donors (Lipinski definition) is 2. The summed E-state index contributed by atoms with van der Waals surface area (Å²) < 4.78 is 18.1. The van der Waals surface area contributed by atoms with Crippen molar-refractivity contribution in [2.75, 3.05) is 7.11 Å². The molecule has 0 aliphatic rings. The maximum absolute atomic E-state index is 13.3. The molecule has 0 aliphatic heterocycles. The molecule has 0 radical (unpaired) electrons. The van der Waals surface area contributed by atoms with Crippen LogP contribution in [0, 0.1) is 18.7 Å². The minimum absolute atomic E-state index is 0.0220. The van der Waals surface area contributed by atoms with Crippen LogP contribution in [0.2, 0.25) is 0 Å². The van der Waals surface area contributed by atoms with Gasteiger partial charge in [-0.1, -0.05) is 49.9 Å². The number of carbonyl (C=O) groups excluding carboxylic acids is 3. The number of hydrogen-bond acceptors (Lipinski definition) is 6. The summed E-state index contributed by atoms with van der Waals surface area (Å²) in [6.45, 7) is 11.0. The number of thiazole rings is 1. The lowest BCUT2D eigenvalue weighted by molar-refractivity contribution is -0.145. The fraction of sp³-hybridized carbons (Fsp3) is 0.379. The second-order valence-electron chi connectivity index (χ2n) is 9.70. The maximum Gasteiger partial charge on any atom is 0.308 e. The number of carbonyl (C=O) groups is 3. The molecule has 9 heteroatoms. The highest BCUT2D eigenvalue weighted by molar-refractivity contribution is 7.12. The first-order chi connectivity index (χ1) is 17.9. The van der Waals surface area contributed by atoms with Crippen LogP contribution in [0.4, 0.5) is 4.39 Å². The molecule has 0 saturated heterocycles. The summed E-state index contributed by atoms with van der Waals surface area (Å²) in [6, 6.07) is 5.11. The average molecular weight is 542 g/mol. The third kappa shape index (κ3) is 10.0. The van der Waals surface area contributed by atoms with Crippen molar-refractivity contribution in [1.29, 1.82) is 0 Å². The molecule has 1 aromatic carbocycles. The van der Waals surface area contributed by atoms with Crippen molar-refractivity contribution < 1.29 is 23.5 Å². The molecule has 1 heterocycles. The molecule has 2 amide bonds. The molecule has 0 fully saturated rings. The van der Waals surface area contributed by atoms with Crippen molar-refractivity contribution >= 4 is 34.7 Å². The van der Waals surface area contributed by atoms with Gasteiger partial charge in [-0.2, -0.15) is 0 Å². The number of halogens is 1. The first-order valence-electron chi connectivity index (χ1n) is 12.3. The molecule has 0 bridgehead atoms. The first kappa shape index (κ1) is 30.6. The Hall–Kier alpha value is -3.59. The van der Waals surface area contributed by atoms with E-state index in [9.17, 15) is 18.8 Å². The van der Waals surface area contributed by atoms with Gasteiger partial charge in [0.05, 0.1) is 13.0 Å². The van der Waals surface area contributed by atoms with Gasteiger partial charge in [0.15, 0.2) is 0 Å². The molecule has 2 aromatic rings. The Morgan fingerprint density at radius 3 is 2.50 bits per heavy atom. The van der Waals surface area contributed by atoms with Gasteiger partial charge in [0, 0.05) is 28.6 Å². The Kier molecular flexibility index (Phi) is 11.6. The predicted octanol–water partition coefficient (Wildman–Crippen LogP) is 4.93. The molecular weight excluding hydrogens is 505 g/mol. The van der Waals surface area contributed by atoms with Crippen LogP contribution in [0.15, 0.2) is 61.3 Å².